The van der Waals surface area contributed by atoms with Gasteiger partial charge in [-0.1, -0.05) is 12.1 Å². The minimum atomic E-state index is -0.845. The number of hydrogen-bond donors (Lipinski definition) is 1. The summed E-state index contributed by atoms with van der Waals surface area (Å²) in [5, 5.41) is 11.5. The number of ether oxygens (including phenoxy) is 2. The Morgan fingerprint density at radius 3 is 2.34 bits per heavy atom. The number of amides is 1. The largest absolute Gasteiger partial charge is 0.507 e. The van der Waals surface area contributed by atoms with Crippen LogP contribution in [-0.2, 0) is 9.59 Å². The molecule has 1 saturated heterocycles. The van der Waals surface area contributed by atoms with Gasteiger partial charge >= 0.3 is 0 Å². The van der Waals surface area contributed by atoms with E-state index in [2.05, 4.69) is 0 Å². The lowest BCUT2D eigenvalue weighted by Crippen LogP contribution is -2.29. The van der Waals surface area contributed by atoms with Gasteiger partial charge in [-0.25, -0.2) is 0 Å². The summed E-state index contributed by atoms with van der Waals surface area (Å²) in [6.45, 7) is 8.14. The van der Waals surface area contributed by atoms with Gasteiger partial charge in [0, 0.05) is 31.0 Å². The molecule has 0 spiro atoms. The zero-order valence-corrected chi connectivity index (χ0v) is 22.7. The lowest BCUT2D eigenvalue weighted by molar-refractivity contribution is -0.132. The maximum Gasteiger partial charge on any atom is 0.300 e. The third-order valence-electron chi connectivity index (χ3n) is 6.38. The van der Waals surface area contributed by atoms with E-state index in [-0.39, 0.29) is 17.4 Å². The normalized spacial score (nSPS) is 16.7. The second-order valence-electron chi connectivity index (χ2n) is 9.73. The molecule has 38 heavy (non-hydrogen) atoms. The van der Waals surface area contributed by atoms with E-state index in [4.69, 9.17) is 9.47 Å². The van der Waals surface area contributed by atoms with Gasteiger partial charge in [0.1, 0.15) is 17.3 Å². The Kier molecular flexibility index (Phi) is 7.76. The number of Topliss-reactive ketones (excluding diaryl/α,β-unsaturated/α-hetero) is 1. The van der Waals surface area contributed by atoms with E-state index in [0.717, 1.165) is 11.3 Å². The van der Waals surface area contributed by atoms with Crippen LogP contribution in [0.4, 0.5) is 11.4 Å². The van der Waals surface area contributed by atoms with Gasteiger partial charge < -0.3 is 19.5 Å². The topological polar surface area (TPSA) is 79.3 Å². The molecule has 0 radical (unpaired) electrons. The third-order valence-corrected chi connectivity index (χ3v) is 6.38. The summed E-state index contributed by atoms with van der Waals surface area (Å²) in [5.74, 6) is -0.372. The van der Waals surface area contributed by atoms with Crippen LogP contribution in [0.3, 0.4) is 0 Å². The van der Waals surface area contributed by atoms with Crippen molar-refractivity contribution in [1.82, 2.24) is 0 Å². The third kappa shape index (κ3) is 5.23. The molecule has 1 amide bonds. The molecule has 1 unspecified atom stereocenters. The Morgan fingerprint density at radius 2 is 1.74 bits per heavy atom. The van der Waals surface area contributed by atoms with Gasteiger partial charge in [0.2, 0.25) is 0 Å². The standard InChI is InChI=1S/C31H34N2O5/c1-7-37-26-16-11-22(17-20(26)4)29(34)27-28(21-9-8-10-25(18-21)38-19(2)3)33(31(36)30(27)35)24-14-12-23(13-15-24)32(5)6/h8-19,28,34H,7H2,1-6H3/b29-27+. The zero-order chi connectivity index (χ0) is 27.6. The van der Waals surface area contributed by atoms with Crippen LogP contribution < -0.4 is 19.3 Å². The van der Waals surface area contributed by atoms with Crippen LogP contribution in [0.1, 0.15) is 43.5 Å². The monoisotopic (exact) mass is 514 g/mol. The summed E-state index contributed by atoms with van der Waals surface area (Å²) < 4.78 is 11.5. The van der Waals surface area contributed by atoms with Crippen LogP contribution in [0.2, 0.25) is 0 Å². The quantitative estimate of drug-likeness (QED) is 0.230. The van der Waals surface area contributed by atoms with E-state index in [1.807, 2.05) is 95.2 Å². The van der Waals surface area contributed by atoms with Crippen molar-refractivity contribution in [2.75, 3.05) is 30.5 Å². The van der Waals surface area contributed by atoms with E-state index in [9.17, 15) is 14.7 Å². The Balaban J connectivity index is 1.90. The first-order valence-electron chi connectivity index (χ1n) is 12.7. The summed E-state index contributed by atoms with van der Waals surface area (Å²) in [4.78, 5) is 30.4. The molecule has 7 heteroatoms. The Morgan fingerprint density at radius 1 is 1.03 bits per heavy atom. The van der Waals surface area contributed by atoms with E-state index in [1.165, 1.54) is 4.90 Å². The first kappa shape index (κ1) is 26.8. The van der Waals surface area contributed by atoms with Gasteiger partial charge in [-0.3, -0.25) is 14.5 Å². The molecule has 1 atom stereocenters. The number of anilines is 2. The van der Waals surface area contributed by atoms with E-state index >= 15 is 0 Å². The van der Waals surface area contributed by atoms with Crippen molar-refractivity contribution in [2.45, 2.75) is 39.8 Å². The maximum atomic E-state index is 13.5. The second kappa shape index (κ2) is 11.0. The van der Waals surface area contributed by atoms with Crippen LogP contribution >= 0.6 is 0 Å². The number of benzene rings is 3. The summed E-state index contributed by atoms with van der Waals surface area (Å²) in [7, 11) is 3.86. The highest BCUT2D eigenvalue weighted by molar-refractivity contribution is 6.51. The molecule has 0 aromatic heterocycles. The first-order chi connectivity index (χ1) is 18.1. The highest BCUT2D eigenvalue weighted by Crippen LogP contribution is 2.43. The molecular formula is C31H34N2O5. The van der Waals surface area contributed by atoms with Crippen LogP contribution in [-0.4, -0.2) is 43.6 Å². The number of carbonyl (C=O) groups is 2. The number of aliphatic hydroxyl groups excluding tert-OH is 1. The highest BCUT2D eigenvalue weighted by atomic mass is 16.5. The molecule has 1 aliphatic heterocycles. The van der Waals surface area contributed by atoms with Crippen molar-refractivity contribution in [2.24, 2.45) is 0 Å². The molecule has 1 heterocycles. The van der Waals surface area contributed by atoms with E-state index in [1.54, 1.807) is 18.2 Å². The van der Waals surface area contributed by atoms with Crippen molar-refractivity contribution in [1.29, 1.82) is 0 Å². The number of rotatable bonds is 8. The molecule has 7 nitrogen and oxygen atoms in total. The molecule has 3 aromatic carbocycles. The summed E-state index contributed by atoms with van der Waals surface area (Å²) >= 11 is 0. The van der Waals surface area contributed by atoms with Crippen LogP contribution in [0, 0.1) is 6.92 Å². The fourth-order valence-electron chi connectivity index (χ4n) is 4.63. The van der Waals surface area contributed by atoms with Crippen molar-refractivity contribution in [3.63, 3.8) is 0 Å². The SMILES string of the molecule is CCOc1ccc(/C(O)=C2\C(=O)C(=O)N(c3ccc(N(C)C)cc3)C2c2cccc(OC(C)C)c2)cc1C. The number of ketones is 1. The predicted octanol–water partition coefficient (Wildman–Crippen LogP) is 5.87. The fourth-order valence-corrected chi connectivity index (χ4v) is 4.63. The average molecular weight is 515 g/mol. The van der Waals surface area contributed by atoms with Crippen molar-refractivity contribution in [3.05, 3.63) is 89.0 Å². The molecule has 0 aliphatic carbocycles. The molecule has 4 rings (SSSR count). The maximum absolute atomic E-state index is 13.5. The lowest BCUT2D eigenvalue weighted by Gasteiger charge is -2.26. The lowest BCUT2D eigenvalue weighted by atomic mass is 9.94. The van der Waals surface area contributed by atoms with E-state index < -0.39 is 17.7 Å². The first-order valence-corrected chi connectivity index (χ1v) is 12.7. The summed E-state index contributed by atoms with van der Waals surface area (Å²) in [5.41, 5.74) is 3.44. The number of aliphatic hydroxyl groups is 1. The predicted molar refractivity (Wildman–Crippen MR) is 150 cm³/mol. The van der Waals surface area contributed by atoms with Gasteiger partial charge in [0.05, 0.1) is 24.3 Å². The smallest absolute Gasteiger partial charge is 0.300 e. The van der Waals surface area contributed by atoms with Crippen LogP contribution in [0.15, 0.2) is 72.3 Å². The van der Waals surface area contributed by atoms with E-state index in [0.29, 0.717) is 34.9 Å². The molecule has 0 saturated carbocycles. The van der Waals surface area contributed by atoms with Crippen LogP contribution in [0.5, 0.6) is 11.5 Å². The minimum absolute atomic E-state index is 0.0249. The number of nitrogens with zero attached hydrogens (tertiary/aromatic N) is 2. The molecule has 1 fully saturated rings. The molecule has 1 N–H and O–H groups in total. The molecule has 198 valence electrons. The number of hydrogen-bond acceptors (Lipinski definition) is 6. The summed E-state index contributed by atoms with van der Waals surface area (Å²) in [6.07, 6.45) is -0.0537. The number of carbonyl (C=O) groups excluding carboxylic acids is 2. The Labute approximate surface area is 223 Å². The molecule has 1 aliphatic rings. The van der Waals surface area contributed by atoms with Gasteiger partial charge in [-0.2, -0.15) is 0 Å². The van der Waals surface area contributed by atoms with Crippen LogP contribution in [0.25, 0.3) is 5.76 Å². The minimum Gasteiger partial charge on any atom is -0.507 e. The van der Waals surface area contributed by atoms with Crippen molar-refractivity contribution >= 4 is 28.8 Å². The Bertz CT molecular complexity index is 1380. The average Bonchev–Trinajstić information content (AvgIpc) is 3.15. The van der Waals surface area contributed by atoms with Gasteiger partial charge in [0.15, 0.2) is 0 Å². The molecular weight excluding hydrogens is 480 g/mol. The van der Waals surface area contributed by atoms with Crippen molar-refractivity contribution < 1.29 is 24.2 Å². The summed E-state index contributed by atoms with van der Waals surface area (Å²) in [6, 6.07) is 19.1. The van der Waals surface area contributed by atoms with Crippen molar-refractivity contribution in [3.8, 4) is 11.5 Å². The fraction of sp³-hybridized carbons (Fsp3) is 0.290. The van der Waals surface area contributed by atoms with Gasteiger partial charge in [-0.05, 0) is 93.4 Å². The Hall–Kier alpha value is -4.26. The molecule has 0 bridgehead atoms. The highest BCUT2D eigenvalue weighted by Gasteiger charge is 2.47. The second-order valence-corrected chi connectivity index (χ2v) is 9.73. The van der Waals surface area contributed by atoms with Gasteiger partial charge in [-0.15, -0.1) is 0 Å². The number of aryl methyl sites for hydroxylation is 1. The molecule has 3 aromatic rings. The zero-order valence-electron chi connectivity index (χ0n) is 22.7. The van der Waals surface area contributed by atoms with Gasteiger partial charge in [0.25, 0.3) is 11.7 Å².